The standard InChI is InChI=1S/C21H25NO4/c1-15-8-9-18(12-16(15)2)26-20-10-11-22(13-19(20)23)21(24)25-14-17-6-4-3-5-7-17/h3-9,12,19-20,23H,10-11,13-14H2,1-2H3. The van der Waals surface area contributed by atoms with Gasteiger partial charge in [0.25, 0.3) is 0 Å². The van der Waals surface area contributed by atoms with E-state index in [-0.39, 0.29) is 19.3 Å². The molecule has 0 spiro atoms. The van der Waals surface area contributed by atoms with Crippen LogP contribution in [0, 0.1) is 13.8 Å². The number of β-amino-alcohol motifs (C(OH)–C–C–N with tert-alkyl or cyclic N) is 1. The Hall–Kier alpha value is -2.53. The summed E-state index contributed by atoms with van der Waals surface area (Å²) in [4.78, 5) is 13.8. The van der Waals surface area contributed by atoms with Gasteiger partial charge in [-0.1, -0.05) is 36.4 Å². The molecular formula is C21H25NO4. The van der Waals surface area contributed by atoms with E-state index in [1.54, 1.807) is 0 Å². The number of hydrogen-bond acceptors (Lipinski definition) is 4. The van der Waals surface area contributed by atoms with E-state index in [0.717, 1.165) is 16.9 Å². The lowest BCUT2D eigenvalue weighted by Crippen LogP contribution is -2.51. The van der Waals surface area contributed by atoms with Crippen molar-refractivity contribution in [2.75, 3.05) is 13.1 Å². The molecule has 1 saturated heterocycles. The average Bonchev–Trinajstić information content (AvgIpc) is 2.65. The van der Waals surface area contributed by atoms with Crippen LogP contribution in [0.3, 0.4) is 0 Å². The Morgan fingerprint density at radius 1 is 1.15 bits per heavy atom. The fraction of sp³-hybridized carbons (Fsp3) is 0.381. The van der Waals surface area contributed by atoms with Crippen LogP contribution in [-0.2, 0) is 11.3 Å². The number of carbonyl (C=O) groups is 1. The zero-order valence-electron chi connectivity index (χ0n) is 15.2. The lowest BCUT2D eigenvalue weighted by molar-refractivity contribution is -0.0252. The number of carbonyl (C=O) groups excluding carboxylic acids is 1. The van der Waals surface area contributed by atoms with Crippen molar-refractivity contribution in [3.8, 4) is 5.75 Å². The summed E-state index contributed by atoms with van der Waals surface area (Å²) in [5, 5.41) is 10.4. The van der Waals surface area contributed by atoms with Gasteiger partial charge in [-0.2, -0.15) is 0 Å². The summed E-state index contributed by atoms with van der Waals surface area (Å²) in [6, 6.07) is 15.4. The maximum atomic E-state index is 12.2. The molecule has 0 saturated carbocycles. The third kappa shape index (κ3) is 4.55. The number of rotatable bonds is 4. The van der Waals surface area contributed by atoms with Gasteiger partial charge in [-0.3, -0.25) is 0 Å². The highest BCUT2D eigenvalue weighted by atomic mass is 16.6. The number of piperidine rings is 1. The largest absolute Gasteiger partial charge is 0.488 e. The molecule has 0 bridgehead atoms. The lowest BCUT2D eigenvalue weighted by atomic mass is 10.0. The predicted molar refractivity (Wildman–Crippen MR) is 99.2 cm³/mol. The molecule has 5 heteroatoms. The van der Waals surface area contributed by atoms with Gasteiger partial charge in [0, 0.05) is 13.0 Å². The second-order valence-corrected chi connectivity index (χ2v) is 6.74. The second kappa shape index (κ2) is 8.23. The van der Waals surface area contributed by atoms with Gasteiger partial charge in [0.2, 0.25) is 0 Å². The molecule has 5 nitrogen and oxygen atoms in total. The first-order valence-electron chi connectivity index (χ1n) is 8.90. The summed E-state index contributed by atoms with van der Waals surface area (Å²) in [5.74, 6) is 0.747. The molecule has 138 valence electrons. The Bertz CT molecular complexity index is 747. The number of aliphatic hydroxyl groups is 1. The number of nitrogens with zero attached hydrogens (tertiary/aromatic N) is 1. The van der Waals surface area contributed by atoms with E-state index in [2.05, 4.69) is 0 Å². The normalized spacial score (nSPS) is 19.9. The van der Waals surface area contributed by atoms with Gasteiger partial charge in [-0.15, -0.1) is 0 Å². The molecule has 1 aliphatic heterocycles. The monoisotopic (exact) mass is 355 g/mol. The Labute approximate surface area is 154 Å². The van der Waals surface area contributed by atoms with Gasteiger partial charge in [-0.25, -0.2) is 4.79 Å². The first kappa shape index (κ1) is 18.3. The van der Waals surface area contributed by atoms with Gasteiger partial charge < -0.3 is 19.5 Å². The van der Waals surface area contributed by atoms with E-state index >= 15 is 0 Å². The maximum absolute atomic E-state index is 12.2. The highest BCUT2D eigenvalue weighted by molar-refractivity contribution is 5.67. The van der Waals surface area contributed by atoms with Gasteiger partial charge in [0.05, 0.1) is 6.54 Å². The minimum Gasteiger partial charge on any atom is -0.488 e. The van der Waals surface area contributed by atoms with Gasteiger partial charge >= 0.3 is 6.09 Å². The number of amides is 1. The van der Waals surface area contributed by atoms with Crippen molar-refractivity contribution in [2.24, 2.45) is 0 Å². The van der Waals surface area contributed by atoms with E-state index < -0.39 is 12.2 Å². The van der Waals surface area contributed by atoms with Crippen molar-refractivity contribution in [2.45, 2.75) is 39.1 Å². The Balaban J connectivity index is 1.51. The van der Waals surface area contributed by atoms with E-state index in [1.807, 2.05) is 62.4 Å². The molecule has 0 radical (unpaired) electrons. The lowest BCUT2D eigenvalue weighted by Gasteiger charge is -2.35. The Morgan fingerprint density at radius 2 is 1.92 bits per heavy atom. The predicted octanol–water partition coefficient (Wildman–Crippen LogP) is 3.45. The number of aryl methyl sites for hydroxylation is 2. The highest BCUT2D eigenvalue weighted by Gasteiger charge is 2.32. The van der Waals surface area contributed by atoms with Crippen molar-refractivity contribution >= 4 is 6.09 Å². The summed E-state index contributed by atoms with van der Waals surface area (Å²) in [5.41, 5.74) is 3.29. The number of aliphatic hydroxyl groups excluding tert-OH is 1. The minimum atomic E-state index is -0.741. The summed E-state index contributed by atoms with van der Waals surface area (Å²) in [6.45, 7) is 5.02. The van der Waals surface area contributed by atoms with E-state index in [9.17, 15) is 9.90 Å². The number of benzene rings is 2. The van der Waals surface area contributed by atoms with E-state index in [4.69, 9.17) is 9.47 Å². The molecule has 3 rings (SSSR count). The van der Waals surface area contributed by atoms with Crippen molar-refractivity contribution < 1.29 is 19.4 Å². The SMILES string of the molecule is Cc1ccc(OC2CCN(C(=O)OCc3ccccc3)CC2O)cc1C. The third-order valence-electron chi connectivity index (χ3n) is 4.75. The van der Waals surface area contributed by atoms with Crippen LogP contribution in [0.2, 0.25) is 0 Å². The van der Waals surface area contributed by atoms with Gasteiger partial charge in [-0.05, 0) is 42.7 Å². The Kier molecular flexibility index (Phi) is 5.78. The van der Waals surface area contributed by atoms with E-state index in [1.165, 1.54) is 10.5 Å². The molecule has 0 aliphatic carbocycles. The molecule has 1 aliphatic rings. The van der Waals surface area contributed by atoms with Crippen LogP contribution in [0.4, 0.5) is 4.79 Å². The van der Waals surface area contributed by atoms with Crippen LogP contribution in [0.15, 0.2) is 48.5 Å². The van der Waals surface area contributed by atoms with Gasteiger partial charge in [0.15, 0.2) is 0 Å². The fourth-order valence-corrected chi connectivity index (χ4v) is 2.99. The molecule has 1 fully saturated rings. The van der Waals surface area contributed by atoms with E-state index in [0.29, 0.717) is 13.0 Å². The first-order valence-corrected chi connectivity index (χ1v) is 8.90. The molecule has 1 heterocycles. The van der Waals surface area contributed by atoms with Crippen LogP contribution < -0.4 is 4.74 Å². The zero-order chi connectivity index (χ0) is 18.5. The number of likely N-dealkylation sites (tertiary alicyclic amines) is 1. The molecule has 2 aromatic rings. The summed E-state index contributed by atoms with van der Waals surface area (Å²) >= 11 is 0. The molecule has 2 aromatic carbocycles. The van der Waals surface area contributed by atoms with Crippen LogP contribution in [0.25, 0.3) is 0 Å². The maximum Gasteiger partial charge on any atom is 0.410 e. The van der Waals surface area contributed by atoms with Crippen molar-refractivity contribution in [1.29, 1.82) is 0 Å². The topological polar surface area (TPSA) is 59.0 Å². The number of hydrogen-bond donors (Lipinski definition) is 1. The van der Waals surface area contributed by atoms with Gasteiger partial charge in [0.1, 0.15) is 24.6 Å². The van der Waals surface area contributed by atoms with Crippen molar-refractivity contribution in [1.82, 2.24) is 4.90 Å². The molecule has 2 unspecified atom stereocenters. The van der Waals surface area contributed by atoms with Crippen LogP contribution >= 0.6 is 0 Å². The second-order valence-electron chi connectivity index (χ2n) is 6.74. The molecule has 0 aromatic heterocycles. The van der Waals surface area contributed by atoms with Crippen molar-refractivity contribution in [3.63, 3.8) is 0 Å². The average molecular weight is 355 g/mol. The smallest absolute Gasteiger partial charge is 0.410 e. The van der Waals surface area contributed by atoms with Crippen molar-refractivity contribution in [3.05, 3.63) is 65.2 Å². The molecule has 1 amide bonds. The number of ether oxygens (including phenoxy) is 2. The third-order valence-corrected chi connectivity index (χ3v) is 4.75. The minimum absolute atomic E-state index is 0.211. The highest BCUT2D eigenvalue weighted by Crippen LogP contribution is 2.22. The molecular weight excluding hydrogens is 330 g/mol. The molecule has 1 N–H and O–H groups in total. The first-order chi connectivity index (χ1) is 12.5. The summed E-state index contributed by atoms with van der Waals surface area (Å²) in [6.07, 6.45) is -0.906. The van der Waals surface area contributed by atoms with Crippen LogP contribution in [0.5, 0.6) is 5.75 Å². The van der Waals surface area contributed by atoms with Crippen LogP contribution in [0.1, 0.15) is 23.1 Å². The summed E-state index contributed by atoms with van der Waals surface area (Å²) in [7, 11) is 0. The van der Waals surface area contributed by atoms with Crippen LogP contribution in [-0.4, -0.2) is 41.4 Å². The molecule has 2 atom stereocenters. The Morgan fingerprint density at radius 3 is 2.62 bits per heavy atom. The quantitative estimate of drug-likeness (QED) is 0.913. The fourth-order valence-electron chi connectivity index (χ4n) is 2.99. The summed E-state index contributed by atoms with van der Waals surface area (Å²) < 4.78 is 11.3. The zero-order valence-corrected chi connectivity index (χ0v) is 15.2. The molecule has 26 heavy (non-hydrogen) atoms.